The number of rotatable bonds is 6. The molecule has 0 fully saturated rings. The Bertz CT molecular complexity index is 367. The third-order valence-electron chi connectivity index (χ3n) is 2.06. The quantitative estimate of drug-likeness (QED) is 0.767. The molecule has 0 aromatic heterocycles. The number of carbonyl (C=O) groups excluding carboxylic acids is 1. The van der Waals surface area contributed by atoms with Crippen LogP contribution < -0.4 is 4.74 Å². The Morgan fingerprint density at radius 1 is 1.47 bits per heavy atom. The van der Waals surface area contributed by atoms with Crippen LogP contribution in [0.3, 0.4) is 0 Å². The van der Waals surface area contributed by atoms with Crippen LogP contribution in [-0.2, 0) is 16.0 Å². The molecule has 4 nitrogen and oxygen atoms in total. The molecule has 1 aromatic carbocycles. The van der Waals surface area contributed by atoms with Gasteiger partial charge >= 0.3 is 12.3 Å². The Hall–Kier alpha value is -1.62. The van der Waals surface area contributed by atoms with E-state index in [1.807, 2.05) is 0 Å². The van der Waals surface area contributed by atoms with Crippen molar-refractivity contribution in [1.82, 2.24) is 0 Å². The highest BCUT2D eigenvalue weighted by atomic mass is 19.1. The first-order chi connectivity index (χ1) is 8.19. The number of carbonyl (C=O) groups is 1. The summed E-state index contributed by atoms with van der Waals surface area (Å²) >= 11 is 0. The number of halogens is 1. The SMILES string of the molecule is CCOC(=O)C(F)Oc1ccccc1CCO. The number of aliphatic hydroxyl groups is 1. The fourth-order valence-electron chi connectivity index (χ4n) is 1.31. The van der Waals surface area contributed by atoms with Gasteiger partial charge in [0.1, 0.15) is 5.75 Å². The lowest BCUT2D eigenvalue weighted by Crippen LogP contribution is -2.25. The maximum absolute atomic E-state index is 13.3. The van der Waals surface area contributed by atoms with Crippen molar-refractivity contribution in [3.63, 3.8) is 0 Å². The number of para-hydroxylation sites is 1. The summed E-state index contributed by atoms with van der Waals surface area (Å²) in [7, 11) is 0. The fraction of sp³-hybridized carbons (Fsp3) is 0.417. The second-order valence-electron chi connectivity index (χ2n) is 3.27. The van der Waals surface area contributed by atoms with Crippen LogP contribution in [-0.4, -0.2) is 30.6 Å². The van der Waals surface area contributed by atoms with Gasteiger partial charge in [-0.25, -0.2) is 4.79 Å². The lowest BCUT2D eigenvalue weighted by molar-refractivity contribution is -0.159. The van der Waals surface area contributed by atoms with Crippen LogP contribution in [0.2, 0.25) is 0 Å². The molecular weight excluding hydrogens is 227 g/mol. The summed E-state index contributed by atoms with van der Waals surface area (Å²) in [4.78, 5) is 11.0. The molecule has 1 aromatic rings. The number of hydrogen-bond donors (Lipinski definition) is 1. The maximum Gasteiger partial charge on any atom is 0.381 e. The minimum Gasteiger partial charge on any atom is -0.461 e. The summed E-state index contributed by atoms with van der Waals surface area (Å²) in [6, 6.07) is 6.64. The molecule has 0 bridgehead atoms. The number of ether oxygens (including phenoxy) is 2. The molecule has 0 aliphatic rings. The zero-order valence-electron chi connectivity index (χ0n) is 9.56. The van der Waals surface area contributed by atoms with Crippen molar-refractivity contribution in [3.8, 4) is 5.75 Å². The van der Waals surface area contributed by atoms with Crippen molar-refractivity contribution in [2.45, 2.75) is 19.7 Å². The van der Waals surface area contributed by atoms with Crippen LogP contribution in [0.5, 0.6) is 5.75 Å². The number of alkyl halides is 1. The second kappa shape index (κ2) is 6.85. The number of esters is 1. The van der Waals surface area contributed by atoms with E-state index in [0.717, 1.165) is 0 Å². The largest absolute Gasteiger partial charge is 0.461 e. The molecular formula is C12H15FO4. The van der Waals surface area contributed by atoms with Crippen LogP contribution in [0.1, 0.15) is 12.5 Å². The van der Waals surface area contributed by atoms with Crippen molar-refractivity contribution >= 4 is 5.97 Å². The zero-order chi connectivity index (χ0) is 12.7. The predicted molar refractivity (Wildman–Crippen MR) is 59.4 cm³/mol. The third kappa shape index (κ3) is 4.03. The van der Waals surface area contributed by atoms with Gasteiger partial charge in [0.25, 0.3) is 0 Å². The standard InChI is InChI=1S/C12H15FO4/c1-2-16-12(15)11(13)17-10-6-4-3-5-9(10)7-8-14/h3-6,11,14H,2,7-8H2,1H3. The Morgan fingerprint density at radius 3 is 2.82 bits per heavy atom. The highest BCUT2D eigenvalue weighted by Crippen LogP contribution is 2.20. The van der Waals surface area contributed by atoms with E-state index < -0.39 is 12.3 Å². The summed E-state index contributed by atoms with van der Waals surface area (Å²) in [6.07, 6.45) is -1.80. The number of aliphatic hydroxyl groups excluding tert-OH is 1. The van der Waals surface area contributed by atoms with Crippen LogP contribution in [0.15, 0.2) is 24.3 Å². The Morgan fingerprint density at radius 2 is 2.18 bits per heavy atom. The van der Waals surface area contributed by atoms with Gasteiger partial charge in [-0.15, -0.1) is 0 Å². The molecule has 0 amide bonds. The van der Waals surface area contributed by atoms with E-state index in [2.05, 4.69) is 4.74 Å². The van der Waals surface area contributed by atoms with Crippen molar-refractivity contribution in [2.75, 3.05) is 13.2 Å². The van der Waals surface area contributed by atoms with Gasteiger partial charge in [0.05, 0.1) is 6.61 Å². The van der Waals surface area contributed by atoms with Crippen molar-refractivity contribution in [3.05, 3.63) is 29.8 Å². The van der Waals surface area contributed by atoms with Gasteiger partial charge in [-0.1, -0.05) is 18.2 Å². The summed E-state index contributed by atoms with van der Waals surface area (Å²) in [5.41, 5.74) is 0.641. The molecule has 0 aliphatic heterocycles. The van der Waals surface area contributed by atoms with E-state index in [4.69, 9.17) is 9.84 Å². The Balaban J connectivity index is 2.70. The van der Waals surface area contributed by atoms with Crippen LogP contribution in [0.4, 0.5) is 4.39 Å². The molecule has 17 heavy (non-hydrogen) atoms. The average molecular weight is 242 g/mol. The number of hydrogen-bond acceptors (Lipinski definition) is 4. The lowest BCUT2D eigenvalue weighted by atomic mass is 10.1. The van der Waals surface area contributed by atoms with E-state index in [0.29, 0.717) is 12.0 Å². The van der Waals surface area contributed by atoms with E-state index in [-0.39, 0.29) is 19.0 Å². The normalized spacial score (nSPS) is 11.9. The van der Waals surface area contributed by atoms with Gasteiger partial charge in [-0.05, 0) is 25.0 Å². The molecule has 0 saturated heterocycles. The molecule has 0 aliphatic carbocycles. The molecule has 1 unspecified atom stereocenters. The van der Waals surface area contributed by atoms with Gasteiger partial charge in [0.2, 0.25) is 0 Å². The Kier molecular flexibility index (Phi) is 5.42. The summed E-state index contributed by atoms with van der Waals surface area (Å²) in [5.74, 6) is -0.812. The summed E-state index contributed by atoms with van der Waals surface area (Å²) in [6.45, 7) is 1.61. The van der Waals surface area contributed by atoms with Crippen molar-refractivity contribution < 1.29 is 23.8 Å². The van der Waals surface area contributed by atoms with E-state index in [9.17, 15) is 9.18 Å². The van der Waals surface area contributed by atoms with Gasteiger partial charge < -0.3 is 14.6 Å². The highest BCUT2D eigenvalue weighted by molar-refractivity contribution is 5.73. The fourth-order valence-corrected chi connectivity index (χ4v) is 1.31. The maximum atomic E-state index is 13.3. The Labute approximate surface area is 99.0 Å². The predicted octanol–water partition coefficient (Wildman–Crippen LogP) is 1.46. The van der Waals surface area contributed by atoms with Gasteiger partial charge in [-0.3, -0.25) is 0 Å². The van der Waals surface area contributed by atoms with Crippen molar-refractivity contribution in [1.29, 1.82) is 0 Å². The van der Waals surface area contributed by atoms with Gasteiger partial charge in [0, 0.05) is 6.61 Å². The van der Waals surface area contributed by atoms with Gasteiger partial charge in [0.15, 0.2) is 0 Å². The van der Waals surface area contributed by atoms with Crippen LogP contribution >= 0.6 is 0 Å². The van der Waals surface area contributed by atoms with E-state index >= 15 is 0 Å². The molecule has 0 heterocycles. The summed E-state index contributed by atoms with van der Waals surface area (Å²) < 4.78 is 22.7. The molecule has 1 rings (SSSR count). The van der Waals surface area contributed by atoms with E-state index in [1.165, 1.54) is 6.07 Å². The zero-order valence-corrected chi connectivity index (χ0v) is 9.56. The highest BCUT2D eigenvalue weighted by Gasteiger charge is 2.21. The monoisotopic (exact) mass is 242 g/mol. The molecule has 94 valence electrons. The molecule has 0 saturated carbocycles. The molecule has 1 atom stereocenters. The third-order valence-corrected chi connectivity index (χ3v) is 2.06. The van der Waals surface area contributed by atoms with Crippen LogP contribution in [0.25, 0.3) is 0 Å². The summed E-state index contributed by atoms with van der Waals surface area (Å²) in [5, 5.41) is 8.83. The average Bonchev–Trinajstić information content (AvgIpc) is 2.32. The second-order valence-corrected chi connectivity index (χ2v) is 3.27. The van der Waals surface area contributed by atoms with E-state index in [1.54, 1.807) is 25.1 Å². The minimum atomic E-state index is -2.14. The molecule has 0 spiro atoms. The van der Waals surface area contributed by atoms with Gasteiger partial charge in [-0.2, -0.15) is 4.39 Å². The molecule has 1 N–H and O–H groups in total. The number of benzene rings is 1. The first kappa shape index (κ1) is 13.4. The molecule has 0 radical (unpaired) electrons. The van der Waals surface area contributed by atoms with Crippen molar-refractivity contribution in [2.24, 2.45) is 0 Å². The first-order valence-corrected chi connectivity index (χ1v) is 5.35. The molecule has 5 heteroatoms. The topological polar surface area (TPSA) is 55.8 Å². The van der Waals surface area contributed by atoms with Crippen LogP contribution in [0, 0.1) is 0 Å². The minimum absolute atomic E-state index is 0.0727. The lowest BCUT2D eigenvalue weighted by Gasteiger charge is -2.13. The smallest absolute Gasteiger partial charge is 0.381 e. The first-order valence-electron chi connectivity index (χ1n) is 5.35.